The minimum atomic E-state index is 1.10. The fourth-order valence-corrected chi connectivity index (χ4v) is 2.88. The molecule has 1 aromatic heterocycles. The SMILES string of the molecule is Cc1ccc2c3ccccc3c3cccnc3c2c1. The molecule has 90 valence electrons. The van der Waals surface area contributed by atoms with Crippen LogP contribution in [0.15, 0.2) is 60.8 Å². The predicted octanol–water partition coefficient (Wildman–Crippen LogP) is 4.85. The summed E-state index contributed by atoms with van der Waals surface area (Å²) in [6.07, 6.45) is 1.87. The van der Waals surface area contributed by atoms with Crippen molar-refractivity contribution in [2.24, 2.45) is 0 Å². The van der Waals surface area contributed by atoms with Crippen molar-refractivity contribution in [1.82, 2.24) is 4.98 Å². The lowest BCUT2D eigenvalue weighted by molar-refractivity contribution is 1.43. The molecule has 0 radical (unpaired) electrons. The topological polar surface area (TPSA) is 12.9 Å². The number of pyridine rings is 1. The van der Waals surface area contributed by atoms with Crippen LogP contribution in [0.25, 0.3) is 32.4 Å². The molecule has 0 aliphatic heterocycles. The molecule has 1 heterocycles. The quantitative estimate of drug-likeness (QED) is 0.402. The molecule has 1 heteroatoms. The third-order valence-corrected chi connectivity index (χ3v) is 3.75. The molecule has 3 aromatic carbocycles. The summed E-state index contributed by atoms with van der Waals surface area (Å²) in [6.45, 7) is 2.13. The maximum absolute atomic E-state index is 4.60. The highest BCUT2D eigenvalue weighted by atomic mass is 14.6. The van der Waals surface area contributed by atoms with Crippen molar-refractivity contribution in [3.8, 4) is 0 Å². The van der Waals surface area contributed by atoms with Gasteiger partial charge in [-0.3, -0.25) is 4.98 Å². The van der Waals surface area contributed by atoms with Gasteiger partial charge in [-0.15, -0.1) is 0 Å². The lowest BCUT2D eigenvalue weighted by Gasteiger charge is -2.09. The second-order valence-corrected chi connectivity index (χ2v) is 4.99. The number of fused-ring (bicyclic) bond motifs is 6. The first kappa shape index (κ1) is 10.5. The smallest absolute Gasteiger partial charge is 0.0786 e. The minimum absolute atomic E-state index is 1.10. The van der Waals surface area contributed by atoms with E-state index in [-0.39, 0.29) is 0 Å². The first-order valence-electron chi connectivity index (χ1n) is 6.50. The van der Waals surface area contributed by atoms with Gasteiger partial charge in [0, 0.05) is 17.0 Å². The second-order valence-electron chi connectivity index (χ2n) is 4.99. The minimum Gasteiger partial charge on any atom is -0.256 e. The van der Waals surface area contributed by atoms with Crippen LogP contribution in [-0.2, 0) is 0 Å². The van der Waals surface area contributed by atoms with E-state index < -0.39 is 0 Å². The molecule has 19 heavy (non-hydrogen) atoms. The molecule has 0 spiro atoms. The molecular weight excluding hydrogens is 230 g/mol. The Morgan fingerprint density at radius 3 is 2.21 bits per heavy atom. The Labute approximate surface area is 111 Å². The normalized spacial score (nSPS) is 11.4. The number of aryl methyl sites for hydroxylation is 1. The third-order valence-electron chi connectivity index (χ3n) is 3.75. The fraction of sp³-hybridized carbons (Fsp3) is 0.0556. The molecule has 0 aliphatic rings. The highest BCUT2D eigenvalue weighted by Gasteiger charge is 2.08. The van der Waals surface area contributed by atoms with E-state index in [1.165, 1.54) is 32.5 Å². The van der Waals surface area contributed by atoms with Gasteiger partial charge in [-0.25, -0.2) is 0 Å². The second kappa shape index (κ2) is 3.79. The molecule has 0 saturated heterocycles. The third kappa shape index (κ3) is 1.45. The van der Waals surface area contributed by atoms with E-state index in [9.17, 15) is 0 Å². The summed E-state index contributed by atoms with van der Waals surface area (Å²) >= 11 is 0. The number of nitrogens with zero attached hydrogens (tertiary/aromatic N) is 1. The number of aromatic nitrogens is 1. The molecule has 4 aromatic rings. The Kier molecular flexibility index (Phi) is 2.10. The van der Waals surface area contributed by atoms with Gasteiger partial charge in [0.05, 0.1) is 5.52 Å². The zero-order valence-corrected chi connectivity index (χ0v) is 10.7. The van der Waals surface area contributed by atoms with E-state index in [1.807, 2.05) is 12.3 Å². The van der Waals surface area contributed by atoms with Crippen LogP contribution in [0.4, 0.5) is 0 Å². The van der Waals surface area contributed by atoms with Crippen molar-refractivity contribution in [3.05, 3.63) is 66.4 Å². The van der Waals surface area contributed by atoms with E-state index in [0.29, 0.717) is 0 Å². The number of rotatable bonds is 0. The largest absolute Gasteiger partial charge is 0.256 e. The maximum atomic E-state index is 4.60. The van der Waals surface area contributed by atoms with Gasteiger partial charge in [0.2, 0.25) is 0 Å². The number of hydrogen-bond acceptors (Lipinski definition) is 1. The van der Waals surface area contributed by atoms with Gasteiger partial charge in [0.1, 0.15) is 0 Å². The summed E-state index contributed by atoms with van der Waals surface area (Å²) in [5, 5.41) is 6.35. The molecule has 0 fully saturated rings. The lowest BCUT2D eigenvalue weighted by Crippen LogP contribution is -1.86. The van der Waals surface area contributed by atoms with Gasteiger partial charge in [-0.1, -0.05) is 48.0 Å². The van der Waals surface area contributed by atoms with E-state index in [0.717, 1.165) is 5.52 Å². The van der Waals surface area contributed by atoms with Crippen LogP contribution in [0.5, 0.6) is 0 Å². The first-order chi connectivity index (χ1) is 9.34. The van der Waals surface area contributed by atoms with Crippen LogP contribution in [0, 0.1) is 6.92 Å². The predicted molar refractivity (Wildman–Crippen MR) is 81.5 cm³/mol. The van der Waals surface area contributed by atoms with Gasteiger partial charge in [-0.2, -0.15) is 0 Å². The average Bonchev–Trinajstić information content (AvgIpc) is 2.47. The molecule has 0 saturated carbocycles. The Morgan fingerprint density at radius 1 is 0.684 bits per heavy atom. The summed E-state index contributed by atoms with van der Waals surface area (Å²) in [7, 11) is 0. The monoisotopic (exact) mass is 243 g/mol. The van der Waals surface area contributed by atoms with Crippen molar-refractivity contribution in [3.63, 3.8) is 0 Å². The Morgan fingerprint density at radius 2 is 1.37 bits per heavy atom. The fourth-order valence-electron chi connectivity index (χ4n) is 2.88. The van der Waals surface area contributed by atoms with Crippen molar-refractivity contribution >= 4 is 32.4 Å². The van der Waals surface area contributed by atoms with Gasteiger partial charge < -0.3 is 0 Å². The molecule has 0 unspecified atom stereocenters. The molecule has 4 rings (SSSR count). The molecule has 0 bridgehead atoms. The van der Waals surface area contributed by atoms with E-state index in [2.05, 4.69) is 60.4 Å². The number of benzene rings is 3. The zero-order chi connectivity index (χ0) is 12.8. The van der Waals surface area contributed by atoms with Gasteiger partial charge >= 0.3 is 0 Å². The summed E-state index contributed by atoms with van der Waals surface area (Å²) in [6, 6.07) is 19.3. The van der Waals surface area contributed by atoms with Gasteiger partial charge in [-0.05, 0) is 35.2 Å². The van der Waals surface area contributed by atoms with Crippen LogP contribution < -0.4 is 0 Å². The summed E-state index contributed by atoms with van der Waals surface area (Å²) < 4.78 is 0. The van der Waals surface area contributed by atoms with E-state index in [1.54, 1.807) is 0 Å². The summed E-state index contributed by atoms with van der Waals surface area (Å²) in [5.41, 5.74) is 2.37. The van der Waals surface area contributed by atoms with E-state index in [4.69, 9.17) is 0 Å². The highest BCUT2D eigenvalue weighted by Crippen LogP contribution is 2.33. The maximum Gasteiger partial charge on any atom is 0.0786 e. The summed E-state index contributed by atoms with van der Waals surface area (Å²) in [5.74, 6) is 0. The van der Waals surface area contributed by atoms with Crippen LogP contribution in [0.1, 0.15) is 5.56 Å². The van der Waals surface area contributed by atoms with Gasteiger partial charge in [0.15, 0.2) is 0 Å². The Bertz CT molecular complexity index is 887. The van der Waals surface area contributed by atoms with Crippen molar-refractivity contribution in [2.45, 2.75) is 6.92 Å². The highest BCUT2D eigenvalue weighted by molar-refractivity contribution is 6.24. The van der Waals surface area contributed by atoms with Crippen LogP contribution in [0.3, 0.4) is 0 Å². The Hall–Kier alpha value is -2.41. The first-order valence-corrected chi connectivity index (χ1v) is 6.50. The average molecular weight is 243 g/mol. The molecule has 0 amide bonds. The number of hydrogen-bond donors (Lipinski definition) is 0. The van der Waals surface area contributed by atoms with Crippen molar-refractivity contribution < 1.29 is 0 Å². The molecule has 0 N–H and O–H groups in total. The van der Waals surface area contributed by atoms with Crippen LogP contribution in [-0.4, -0.2) is 4.98 Å². The molecular formula is C18H13N. The van der Waals surface area contributed by atoms with Crippen LogP contribution in [0.2, 0.25) is 0 Å². The Balaban J connectivity index is 2.43. The van der Waals surface area contributed by atoms with E-state index >= 15 is 0 Å². The standard InChI is InChI=1S/C18H13N/c1-12-8-9-15-13-5-2-3-6-14(13)16-7-4-10-19-18(16)17(15)11-12/h2-11H,1H3. The molecule has 1 nitrogen and oxygen atoms in total. The summed E-state index contributed by atoms with van der Waals surface area (Å²) in [4.78, 5) is 4.60. The van der Waals surface area contributed by atoms with Crippen molar-refractivity contribution in [1.29, 1.82) is 0 Å². The molecule has 0 atom stereocenters. The van der Waals surface area contributed by atoms with Crippen molar-refractivity contribution in [2.75, 3.05) is 0 Å². The van der Waals surface area contributed by atoms with Crippen LogP contribution >= 0.6 is 0 Å². The molecule has 0 aliphatic carbocycles. The van der Waals surface area contributed by atoms with Gasteiger partial charge in [0.25, 0.3) is 0 Å². The lowest BCUT2D eigenvalue weighted by atomic mass is 9.96. The zero-order valence-electron chi connectivity index (χ0n) is 10.7.